The quantitative estimate of drug-likeness (QED) is 0.227. The number of carbonyl (C=O) groups is 1. The predicted octanol–water partition coefficient (Wildman–Crippen LogP) is 9.89. The Kier molecular flexibility index (Phi) is 11.3. The van der Waals surface area contributed by atoms with Crippen LogP contribution in [0, 0.1) is 41.4 Å². The van der Waals surface area contributed by atoms with Crippen molar-refractivity contribution in [3.63, 3.8) is 0 Å². The molecule has 202 valence electrons. The molecule has 0 N–H and O–H groups in total. The fraction of sp³-hybridized carbons (Fsp3) is 0.970. The lowest BCUT2D eigenvalue weighted by Gasteiger charge is -2.39. The molecule has 0 unspecified atom stereocenters. The standard InChI is InChI=1S/C33H58O2/c1-3-5-6-8-26-11-15-28(16-12-26)30-21-23-32(24-22-30)35-33(34)31-19-17-29(18-20-31)27-13-9-25(7-4-2)10-14-27/h25-32H,3-24H2,1-2H3. The number of unbranched alkanes of at least 4 members (excludes halogenated alkanes) is 2. The van der Waals surface area contributed by atoms with Crippen LogP contribution in [0.15, 0.2) is 0 Å². The van der Waals surface area contributed by atoms with Gasteiger partial charge in [-0.05, 0) is 113 Å². The van der Waals surface area contributed by atoms with Crippen LogP contribution in [-0.4, -0.2) is 12.1 Å². The van der Waals surface area contributed by atoms with Gasteiger partial charge >= 0.3 is 5.97 Å². The summed E-state index contributed by atoms with van der Waals surface area (Å²) in [5, 5.41) is 0. The van der Waals surface area contributed by atoms with Crippen molar-refractivity contribution in [1.82, 2.24) is 0 Å². The van der Waals surface area contributed by atoms with Crippen molar-refractivity contribution in [3.05, 3.63) is 0 Å². The molecule has 0 amide bonds. The Balaban J connectivity index is 1.09. The van der Waals surface area contributed by atoms with Crippen LogP contribution in [0.5, 0.6) is 0 Å². The van der Waals surface area contributed by atoms with Gasteiger partial charge < -0.3 is 4.74 Å². The van der Waals surface area contributed by atoms with Crippen LogP contribution in [0.1, 0.15) is 155 Å². The first-order chi connectivity index (χ1) is 17.2. The lowest BCUT2D eigenvalue weighted by Crippen LogP contribution is -2.33. The molecule has 4 aliphatic carbocycles. The van der Waals surface area contributed by atoms with Gasteiger partial charge in [0.25, 0.3) is 0 Å². The van der Waals surface area contributed by atoms with Crippen molar-refractivity contribution in [2.45, 2.75) is 161 Å². The third-order valence-electron chi connectivity index (χ3n) is 11.1. The lowest BCUT2D eigenvalue weighted by molar-refractivity contribution is -0.158. The Morgan fingerprint density at radius 2 is 1.00 bits per heavy atom. The maximum absolute atomic E-state index is 13.0. The first-order valence-electron chi connectivity index (χ1n) is 16.4. The molecule has 0 spiro atoms. The van der Waals surface area contributed by atoms with Crippen molar-refractivity contribution in [3.8, 4) is 0 Å². The van der Waals surface area contributed by atoms with E-state index in [2.05, 4.69) is 13.8 Å². The molecule has 4 rings (SSSR count). The van der Waals surface area contributed by atoms with Crippen molar-refractivity contribution in [1.29, 1.82) is 0 Å². The Bertz CT molecular complexity index is 582. The summed E-state index contributed by atoms with van der Waals surface area (Å²) >= 11 is 0. The molecule has 0 aliphatic heterocycles. The molecule has 0 atom stereocenters. The van der Waals surface area contributed by atoms with E-state index in [0.29, 0.717) is 0 Å². The zero-order chi connectivity index (χ0) is 24.5. The van der Waals surface area contributed by atoms with Gasteiger partial charge in [0, 0.05) is 0 Å². The molecule has 4 aliphatic rings. The Morgan fingerprint density at radius 3 is 1.49 bits per heavy atom. The second-order valence-corrected chi connectivity index (χ2v) is 13.4. The minimum absolute atomic E-state index is 0.158. The zero-order valence-corrected chi connectivity index (χ0v) is 23.5. The van der Waals surface area contributed by atoms with E-state index in [4.69, 9.17) is 4.74 Å². The van der Waals surface area contributed by atoms with Crippen LogP contribution in [0.3, 0.4) is 0 Å². The summed E-state index contributed by atoms with van der Waals surface area (Å²) in [5.74, 6) is 6.07. The second-order valence-electron chi connectivity index (χ2n) is 13.4. The van der Waals surface area contributed by atoms with Gasteiger partial charge in [0.05, 0.1) is 5.92 Å². The molecular weight excluding hydrogens is 428 g/mol. The van der Waals surface area contributed by atoms with Crippen molar-refractivity contribution in [2.24, 2.45) is 41.4 Å². The summed E-state index contributed by atoms with van der Waals surface area (Å²) in [6.45, 7) is 4.65. The molecule has 0 aromatic rings. The Labute approximate surface area is 218 Å². The highest BCUT2D eigenvalue weighted by atomic mass is 16.5. The highest BCUT2D eigenvalue weighted by Gasteiger charge is 2.36. The molecule has 0 bridgehead atoms. The monoisotopic (exact) mass is 486 g/mol. The van der Waals surface area contributed by atoms with E-state index in [1.807, 2.05) is 0 Å². The fourth-order valence-electron chi connectivity index (χ4n) is 8.75. The molecule has 2 nitrogen and oxygen atoms in total. The summed E-state index contributed by atoms with van der Waals surface area (Å²) in [7, 11) is 0. The molecule has 0 radical (unpaired) electrons. The molecule has 4 saturated carbocycles. The first kappa shape index (κ1) is 27.5. The average molecular weight is 487 g/mol. The molecule has 2 heteroatoms. The smallest absolute Gasteiger partial charge is 0.309 e. The second kappa shape index (κ2) is 14.4. The number of ether oxygens (including phenoxy) is 1. The third-order valence-corrected chi connectivity index (χ3v) is 11.1. The molecule has 0 aromatic heterocycles. The van der Waals surface area contributed by atoms with Crippen molar-refractivity contribution >= 4 is 5.97 Å². The van der Waals surface area contributed by atoms with Gasteiger partial charge in [-0.25, -0.2) is 0 Å². The van der Waals surface area contributed by atoms with Gasteiger partial charge in [-0.1, -0.05) is 78.1 Å². The van der Waals surface area contributed by atoms with E-state index < -0.39 is 0 Å². The van der Waals surface area contributed by atoms with Gasteiger partial charge in [0.15, 0.2) is 0 Å². The molecule has 0 heterocycles. The summed E-state index contributed by atoms with van der Waals surface area (Å²) in [4.78, 5) is 13.0. The molecule has 4 fully saturated rings. The van der Waals surface area contributed by atoms with Crippen LogP contribution in [-0.2, 0) is 9.53 Å². The van der Waals surface area contributed by atoms with E-state index >= 15 is 0 Å². The predicted molar refractivity (Wildman–Crippen MR) is 147 cm³/mol. The van der Waals surface area contributed by atoms with E-state index in [9.17, 15) is 4.79 Å². The van der Waals surface area contributed by atoms with Crippen LogP contribution in [0.4, 0.5) is 0 Å². The topological polar surface area (TPSA) is 26.3 Å². The maximum Gasteiger partial charge on any atom is 0.309 e. The highest BCUT2D eigenvalue weighted by molar-refractivity contribution is 5.72. The van der Waals surface area contributed by atoms with E-state index in [1.165, 1.54) is 116 Å². The van der Waals surface area contributed by atoms with Gasteiger partial charge in [0.1, 0.15) is 6.10 Å². The fourth-order valence-corrected chi connectivity index (χ4v) is 8.75. The Morgan fingerprint density at radius 1 is 0.543 bits per heavy atom. The van der Waals surface area contributed by atoms with Crippen LogP contribution in [0.2, 0.25) is 0 Å². The molecule has 0 saturated heterocycles. The zero-order valence-electron chi connectivity index (χ0n) is 23.5. The van der Waals surface area contributed by atoms with Crippen LogP contribution < -0.4 is 0 Å². The number of esters is 1. The highest BCUT2D eigenvalue weighted by Crippen LogP contribution is 2.44. The minimum atomic E-state index is 0.158. The summed E-state index contributed by atoms with van der Waals surface area (Å²) < 4.78 is 6.12. The minimum Gasteiger partial charge on any atom is -0.462 e. The van der Waals surface area contributed by atoms with Crippen LogP contribution in [0.25, 0.3) is 0 Å². The van der Waals surface area contributed by atoms with Crippen LogP contribution >= 0.6 is 0 Å². The van der Waals surface area contributed by atoms with Gasteiger partial charge in [-0.2, -0.15) is 0 Å². The van der Waals surface area contributed by atoms with E-state index in [-0.39, 0.29) is 18.0 Å². The number of hydrogen-bond donors (Lipinski definition) is 0. The van der Waals surface area contributed by atoms with Gasteiger partial charge in [0.2, 0.25) is 0 Å². The number of rotatable bonds is 10. The van der Waals surface area contributed by atoms with Gasteiger partial charge in [-0.3, -0.25) is 4.79 Å². The maximum atomic E-state index is 13.0. The van der Waals surface area contributed by atoms with E-state index in [1.54, 1.807) is 0 Å². The lowest BCUT2D eigenvalue weighted by atomic mass is 9.68. The third kappa shape index (κ3) is 8.23. The molecule has 35 heavy (non-hydrogen) atoms. The molecular formula is C33H58O2. The van der Waals surface area contributed by atoms with E-state index in [0.717, 1.165) is 61.2 Å². The van der Waals surface area contributed by atoms with Crippen molar-refractivity contribution in [2.75, 3.05) is 0 Å². The first-order valence-corrected chi connectivity index (χ1v) is 16.4. The SMILES string of the molecule is CCCCCC1CCC(C2CCC(OC(=O)C3CCC(C4CCC(CCC)CC4)CC3)CC2)CC1. The summed E-state index contributed by atoms with van der Waals surface area (Å²) in [6.07, 6.45) is 30.0. The molecule has 0 aromatic carbocycles. The summed E-state index contributed by atoms with van der Waals surface area (Å²) in [5.41, 5.74) is 0. The largest absolute Gasteiger partial charge is 0.462 e. The number of carbonyl (C=O) groups excluding carboxylic acids is 1. The van der Waals surface area contributed by atoms with Crippen molar-refractivity contribution < 1.29 is 9.53 Å². The summed E-state index contributed by atoms with van der Waals surface area (Å²) in [6, 6.07) is 0. The van der Waals surface area contributed by atoms with Gasteiger partial charge in [-0.15, -0.1) is 0 Å². The normalized spacial score (nSPS) is 38.7. The average Bonchev–Trinajstić information content (AvgIpc) is 2.90. The Hall–Kier alpha value is -0.530. The number of hydrogen-bond acceptors (Lipinski definition) is 2.